The maximum Gasteiger partial charge on any atom is 0.167 e. The van der Waals surface area contributed by atoms with Crippen molar-refractivity contribution in [1.82, 2.24) is 0 Å². The van der Waals surface area contributed by atoms with Gasteiger partial charge in [-0.1, -0.05) is 91.6 Å². The fourth-order valence-corrected chi connectivity index (χ4v) is 10.0. The van der Waals surface area contributed by atoms with E-state index >= 15 is 0 Å². The van der Waals surface area contributed by atoms with Crippen LogP contribution in [0.4, 0.5) is 0 Å². The van der Waals surface area contributed by atoms with E-state index in [0.717, 1.165) is 57.0 Å². The number of rotatable bonds is 15. The first-order valence-corrected chi connectivity index (χ1v) is 18.3. The minimum atomic E-state index is -0.429. The van der Waals surface area contributed by atoms with Crippen LogP contribution < -0.4 is 0 Å². The molecule has 0 heterocycles. The molecule has 222 valence electrons. The first-order chi connectivity index (χ1) is 18.6. The number of Topliss-reactive ketones (excluding diaryl/α,β-unsaturated/α-hetero) is 1. The van der Waals surface area contributed by atoms with E-state index in [4.69, 9.17) is 4.43 Å². The van der Waals surface area contributed by atoms with Crippen molar-refractivity contribution in [2.24, 2.45) is 40.9 Å². The minimum Gasteiger partial charge on any atom is -0.423 e. The average molecular weight is 557 g/mol. The van der Waals surface area contributed by atoms with Gasteiger partial charge in [0.2, 0.25) is 0 Å². The van der Waals surface area contributed by atoms with Crippen molar-refractivity contribution >= 4 is 21.3 Å². The van der Waals surface area contributed by atoms with Gasteiger partial charge in [-0.15, -0.1) is 0 Å². The molecule has 0 saturated heterocycles. The van der Waals surface area contributed by atoms with Crippen LogP contribution in [0, 0.1) is 40.9 Å². The Balaban J connectivity index is 1.13. The molecule has 0 aromatic heterocycles. The summed E-state index contributed by atoms with van der Waals surface area (Å²) in [4.78, 5) is 25.2. The van der Waals surface area contributed by atoms with Crippen LogP contribution in [0.1, 0.15) is 144 Å². The Morgan fingerprint density at radius 1 is 0.949 bits per heavy atom. The molecule has 1 unspecified atom stereocenters. The summed E-state index contributed by atoms with van der Waals surface area (Å²) in [7, 11) is -0.429. The maximum absolute atomic E-state index is 12.9. The van der Waals surface area contributed by atoms with Crippen LogP contribution in [0.15, 0.2) is 11.6 Å². The van der Waals surface area contributed by atoms with E-state index in [1.807, 2.05) is 6.08 Å². The molecule has 3 fully saturated rings. The molecule has 39 heavy (non-hydrogen) atoms. The SMILES string of the molecule is CC(C)C(C)(C)[SiH2]OCCCCCCCCCCCC1CC2=CC(=O)CC[C@@H]2[C@H]2CC[C@]3(C)C(=O)CC[C@H]3[C@H]12. The monoisotopic (exact) mass is 556 g/mol. The zero-order valence-corrected chi connectivity index (χ0v) is 27.6. The molecule has 4 aliphatic carbocycles. The van der Waals surface area contributed by atoms with Crippen LogP contribution in [0.25, 0.3) is 0 Å². The van der Waals surface area contributed by atoms with Gasteiger partial charge in [0.15, 0.2) is 15.5 Å². The third-order valence-electron chi connectivity index (χ3n) is 12.1. The van der Waals surface area contributed by atoms with E-state index < -0.39 is 9.76 Å². The van der Waals surface area contributed by atoms with Crippen LogP contribution in [0.2, 0.25) is 5.04 Å². The average Bonchev–Trinajstić information content (AvgIpc) is 3.20. The highest BCUT2D eigenvalue weighted by Gasteiger charge is 2.58. The number of unbranched alkanes of at least 4 members (excludes halogenated alkanes) is 8. The van der Waals surface area contributed by atoms with Crippen LogP contribution in [0.3, 0.4) is 0 Å². The number of hydrogen-bond donors (Lipinski definition) is 0. The number of fused-ring (bicyclic) bond motifs is 5. The van der Waals surface area contributed by atoms with E-state index in [-0.39, 0.29) is 5.41 Å². The molecule has 0 aromatic rings. The highest BCUT2D eigenvalue weighted by molar-refractivity contribution is 6.32. The number of hydrogen-bond acceptors (Lipinski definition) is 3. The van der Waals surface area contributed by atoms with Crippen molar-refractivity contribution in [3.05, 3.63) is 11.6 Å². The first kappa shape index (κ1) is 31.2. The molecule has 0 aliphatic heterocycles. The number of carbonyl (C=O) groups is 2. The molecular formula is C35H60O3Si. The topological polar surface area (TPSA) is 43.4 Å². The number of carbonyl (C=O) groups excluding carboxylic acids is 2. The molecule has 3 nitrogen and oxygen atoms in total. The van der Waals surface area contributed by atoms with Crippen molar-refractivity contribution in [1.29, 1.82) is 0 Å². The van der Waals surface area contributed by atoms with Gasteiger partial charge in [0.05, 0.1) is 0 Å². The highest BCUT2D eigenvalue weighted by Crippen LogP contribution is 2.62. The van der Waals surface area contributed by atoms with Gasteiger partial charge < -0.3 is 4.43 Å². The zero-order valence-electron chi connectivity index (χ0n) is 26.2. The summed E-state index contributed by atoms with van der Waals surface area (Å²) in [5, 5.41) is 0.417. The normalized spacial score (nSPS) is 33.0. The fraction of sp³-hybridized carbons (Fsp3) is 0.886. The molecule has 6 atom stereocenters. The second-order valence-electron chi connectivity index (χ2n) is 15.2. The summed E-state index contributed by atoms with van der Waals surface area (Å²) < 4.78 is 6.09. The summed E-state index contributed by atoms with van der Waals surface area (Å²) in [5.74, 6) is 4.99. The largest absolute Gasteiger partial charge is 0.423 e. The van der Waals surface area contributed by atoms with Crippen LogP contribution in [-0.4, -0.2) is 27.9 Å². The van der Waals surface area contributed by atoms with Crippen molar-refractivity contribution in [2.75, 3.05) is 6.61 Å². The minimum absolute atomic E-state index is 0.0517. The van der Waals surface area contributed by atoms with Crippen LogP contribution in [-0.2, 0) is 14.0 Å². The molecule has 0 aromatic carbocycles. The molecule has 3 saturated carbocycles. The molecule has 4 rings (SSSR count). The maximum atomic E-state index is 12.9. The van der Waals surface area contributed by atoms with Crippen molar-refractivity contribution in [2.45, 2.75) is 149 Å². The first-order valence-electron chi connectivity index (χ1n) is 17.0. The van der Waals surface area contributed by atoms with Gasteiger partial charge in [-0.05, 0) is 91.6 Å². The second-order valence-corrected chi connectivity index (χ2v) is 17.7. The highest BCUT2D eigenvalue weighted by atomic mass is 28.2. The summed E-state index contributed by atoms with van der Waals surface area (Å²) in [6.45, 7) is 12.6. The van der Waals surface area contributed by atoms with E-state index in [1.165, 1.54) is 76.2 Å². The molecule has 0 N–H and O–H groups in total. The fourth-order valence-electron chi connectivity index (χ4n) is 8.80. The Morgan fingerprint density at radius 3 is 2.31 bits per heavy atom. The Hall–Kier alpha value is -0.743. The lowest BCUT2D eigenvalue weighted by atomic mass is 9.49. The van der Waals surface area contributed by atoms with Gasteiger partial charge in [0, 0.05) is 24.9 Å². The van der Waals surface area contributed by atoms with Crippen LogP contribution in [0.5, 0.6) is 0 Å². The Bertz CT molecular complexity index is 860. The van der Waals surface area contributed by atoms with Gasteiger partial charge in [0.25, 0.3) is 0 Å². The smallest absolute Gasteiger partial charge is 0.167 e. The Morgan fingerprint density at radius 2 is 1.62 bits per heavy atom. The summed E-state index contributed by atoms with van der Waals surface area (Å²) >= 11 is 0. The van der Waals surface area contributed by atoms with Crippen molar-refractivity contribution in [3.8, 4) is 0 Å². The van der Waals surface area contributed by atoms with Gasteiger partial charge in [-0.3, -0.25) is 9.59 Å². The lowest BCUT2D eigenvalue weighted by Crippen LogP contribution is -2.50. The Kier molecular flexibility index (Phi) is 11.2. The molecular weight excluding hydrogens is 496 g/mol. The van der Waals surface area contributed by atoms with Gasteiger partial charge in [-0.2, -0.15) is 0 Å². The quantitative estimate of drug-likeness (QED) is 0.149. The van der Waals surface area contributed by atoms with Crippen molar-refractivity contribution in [3.63, 3.8) is 0 Å². The van der Waals surface area contributed by atoms with Gasteiger partial charge in [-0.25, -0.2) is 0 Å². The molecule has 0 spiro atoms. The van der Waals surface area contributed by atoms with Crippen molar-refractivity contribution < 1.29 is 14.0 Å². The zero-order chi connectivity index (χ0) is 28.0. The van der Waals surface area contributed by atoms with Gasteiger partial charge in [0.1, 0.15) is 5.78 Å². The third-order valence-corrected chi connectivity index (χ3v) is 14.1. The standard InChI is InChI=1S/C35H60O3Si/c1-25(2)34(3,4)39-38-22-14-12-10-8-6-7-9-11-13-15-26-23-27-24-28(36)16-17-29(27)30-20-21-35(5)31(33(26)30)18-19-32(35)37/h24-26,29-31,33H,6-23,39H2,1-5H3/t26?,29-,30+,31-,33+,35-/m0/s1. The van der Waals surface area contributed by atoms with E-state index in [1.54, 1.807) is 0 Å². The molecule has 0 bridgehead atoms. The third kappa shape index (κ3) is 7.56. The lowest BCUT2D eigenvalue weighted by Gasteiger charge is -2.55. The lowest BCUT2D eigenvalue weighted by molar-refractivity contribution is -0.132. The molecule has 0 radical (unpaired) electrons. The number of allylic oxidation sites excluding steroid dienone is 1. The molecule has 0 amide bonds. The Labute approximate surface area is 243 Å². The predicted molar refractivity (Wildman–Crippen MR) is 166 cm³/mol. The van der Waals surface area contributed by atoms with E-state index in [0.29, 0.717) is 40.3 Å². The molecule has 4 aliphatic rings. The molecule has 4 heteroatoms. The van der Waals surface area contributed by atoms with Gasteiger partial charge >= 0.3 is 0 Å². The predicted octanol–water partition coefficient (Wildman–Crippen LogP) is 8.78. The van der Waals surface area contributed by atoms with Crippen LogP contribution >= 0.6 is 0 Å². The number of ketones is 2. The van der Waals surface area contributed by atoms with E-state index in [2.05, 4.69) is 34.6 Å². The summed E-state index contributed by atoms with van der Waals surface area (Å²) in [6, 6.07) is 0. The summed E-state index contributed by atoms with van der Waals surface area (Å²) in [6.07, 6.45) is 22.6. The second kappa shape index (κ2) is 13.9. The summed E-state index contributed by atoms with van der Waals surface area (Å²) in [5.41, 5.74) is 1.44. The van der Waals surface area contributed by atoms with E-state index in [9.17, 15) is 9.59 Å².